The molecular formula is C19H18O2. The van der Waals surface area contributed by atoms with Crippen molar-refractivity contribution in [1.29, 1.82) is 0 Å². The van der Waals surface area contributed by atoms with E-state index in [1.54, 1.807) is 0 Å². The summed E-state index contributed by atoms with van der Waals surface area (Å²) in [7, 11) is 0. The van der Waals surface area contributed by atoms with Crippen LogP contribution in [0.2, 0.25) is 0 Å². The SMILES string of the molecule is CCCCCCC#CC#CC#CC#CC=CC=CC(=O)O. The molecule has 0 aromatic rings. The van der Waals surface area contributed by atoms with Crippen LogP contribution in [0.3, 0.4) is 0 Å². The summed E-state index contributed by atoms with van der Waals surface area (Å²) in [5, 5.41) is 8.32. The molecule has 0 aromatic heterocycles. The first-order valence-electron chi connectivity index (χ1n) is 6.82. The zero-order valence-electron chi connectivity index (χ0n) is 12.2. The highest BCUT2D eigenvalue weighted by Gasteiger charge is 1.82. The molecule has 0 saturated carbocycles. The fourth-order valence-electron chi connectivity index (χ4n) is 1.19. The average Bonchev–Trinajstić information content (AvgIpc) is 2.46. The molecule has 0 heterocycles. The largest absolute Gasteiger partial charge is 0.478 e. The molecule has 2 heteroatoms. The standard InChI is InChI=1S/C19H18O2/c1-2-3-4-5-6-7-8-9-10-11-12-13-14-15-16-17-18-19(20)21/h15-18H,2-6H2,1H3,(H,20,21). The summed E-state index contributed by atoms with van der Waals surface area (Å²) in [6.07, 6.45) is 11.2. The molecule has 0 spiro atoms. The number of allylic oxidation sites excluding steroid dienone is 3. The van der Waals surface area contributed by atoms with Gasteiger partial charge in [0, 0.05) is 12.5 Å². The molecule has 0 aliphatic carbocycles. The van der Waals surface area contributed by atoms with E-state index in [1.807, 2.05) is 0 Å². The number of hydrogen-bond acceptors (Lipinski definition) is 1. The van der Waals surface area contributed by atoms with E-state index in [2.05, 4.69) is 54.3 Å². The van der Waals surface area contributed by atoms with Gasteiger partial charge in [-0.15, -0.1) is 0 Å². The molecule has 0 amide bonds. The van der Waals surface area contributed by atoms with E-state index in [1.165, 1.54) is 37.5 Å². The third kappa shape index (κ3) is 17.2. The van der Waals surface area contributed by atoms with Crippen LogP contribution in [-0.4, -0.2) is 11.1 Å². The Balaban J connectivity index is 3.92. The van der Waals surface area contributed by atoms with E-state index in [0.29, 0.717) is 0 Å². The molecule has 106 valence electrons. The van der Waals surface area contributed by atoms with Crippen molar-refractivity contribution in [2.75, 3.05) is 0 Å². The Hall–Kier alpha value is -2.81. The fraction of sp³-hybridized carbons (Fsp3) is 0.316. The molecule has 21 heavy (non-hydrogen) atoms. The quantitative estimate of drug-likeness (QED) is 0.351. The second-order valence-corrected chi connectivity index (χ2v) is 3.94. The van der Waals surface area contributed by atoms with Gasteiger partial charge in [-0.05, 0) is 48.0 Å². The van der Waals surface area contributed by atoms with Crippen LogP contribution in [0.5, 0.6) is 0 Å². The van der Waals surface area contributed by atoms with Gasteiger partial charge < -0.3 is 5.11 Å². The van der Waals surface area contributed by atoms with Crippen molar-refractivity contribution < 1.29 is 9.90 Å². The topological polar surface area (TPSA) is 37.3 Å². The molecule has 2 nitrogen and oxygen atoms in total. The zero-order valence-corrected chi connectivity index (χ0v) is 12.2. The van der Waals surface area contributed by atoms with Gasteiger partial charge in [0.25, 0.3) is 0 Å². The van der Waals surface area contributed by atoms with Crippen molar-refractivity contribution in [3.05, 3.63) is 24.3 Å². The lowest BCUT2D eigenvalue weighted by atomic mass is 10.2. The smallest absolute Gasteiger partial charge is 0.328 e. The molecule has 1 N–H and O–H groups in total. The number of carbonyl (C=O) groups is 1. The minimum absolute atomic E-state index is 0.885. The van der Waals surface area contributed by atoms with Crippen molar-refractivity contribution in [2.45, 2.75) is 39.0 Å². The lowest BCUT2D eigenvalue weighted by Crippen LogP contribution is -1.84. The highest BCUT2D eigenvalue weighted by molar-refractivity contribution is 5.80. The van der Waals surface area contributed by atoms with E-state index in [-0.39, 0.29) is 0 Å². The Morgan fingerprint density at radius 2 is 1.67 bits per heavy atom. The van der Waals surface area contributed by atoms with Crippen molar-refractivity contribution in [1.82, 2.24) is 0 Å². The number of hydrogen-bond donors (Lipinski definition) is 1. The van der Waals surface area contributed by atoms with Crippen molar-refractivity contribution in [3.63, 3.8) is 0 Å². The van der Waals surface area contributed by atoms with Crippen LogP contribution in [0.1, 0.15) is 39.0 Å². The Morgan fingerprint density at radius 1 is 0.952 bits per heavy atom. The van der Waals surface area contributed by atoms with Gasteiger partial charge in [-0.1, -0.05) is 50.2 Å². The highest BCUT2D eigenvalue weighted by Crippen LogP contribution is 2.00. The van der Waals surface area contributed by atoms with E-state index in [9.17, 15) is 4.79 Å². The third-order valence-corrected chi connectivity index (χ3v) is 2.16. The minimum Gasteiger partial charge on any atom is -0.478 e. The molecule has 0 aliphatic rings. The van der Waals surface area contributed by atoms with Crippen molar-refractivity contribution in [3.8, 4) is 47.4 Å². The monoisotopic (exact) mass is 278 g/mol. The molecular weight excluding hydrogens is 260 g/mol. The predicted molar refractivity (Wildman–Crippen MR) is 85.8 cm³/mol. The molecule has 0 bridgehead atoms. The summed E-state index contributed by atoms with van der Waals surface area (Å²) >= 11 is 0. The van der Waals surface area contributed by atoms with Gasteiger partial charge in [-0.25, -0.2) is 4.79 Å². The van der Waals surface area contributed by atoms with Crippen LogP contribution in [0, 0.1) is 47.4 Å². The Kier molecular flexibility index (Phi) is 13.2. The predicted octanol–water partition coefficient (Wildman–Crippen LogP) is 3.17. The maximum atomic E-state index is 10.1. The van der Waals surface area contributed by atoms with Crippen molar-refractivity contribution >= 4 is 5.97 Å². The number of rotatable bonds is 6. The summed E-state index contributed by atoms with van der Waals surface area (Å²) in [4.78, 5) is 10.1. The molecule has 0 atom stereocenters. The maximum absolute atomic E-state index is 10.1. The molecule has 0 aromatic carbocycles. The number of carboxylic acid groups (broad SMARTS) is 1. The molecule has 0 radical (unpaired) electrons. The van der Waals surface area contributed by atoms with E-state index >= 15 is 0 Å². The van der Waals surface area contributed by atoms with Crippen LogP contribution in [-0.2, 0) is 4.79 Å². The van der Waals surface area contributed by atoms with Crippen LogP contribution in [0.15, 0.2) is 24.3 Å². The Bertz CT molecular complexity index is 605. The second kappa shape index (κ2) is 15.2. The van der Waals surface area contributed by atoms with Gasteiger partial charge in [-0.3, -0.25) is 0 Å². The van der Waals surface area contributed by atoms with Gasteiger partial charge in [0.05, 0.1) is 0 Å². The molecule has 0 aliphatic heterocycles. The maximum Gasteiger partial charge on any atom is 0.328 e. The Labute approximate surface area is 127 Å². The van der Waals surface area contributed by atoms with Gasteiger partial charge in [0.15, 0.2) is 0 Å². The van der Waals surface area contributed by atoms with Crippen LogP contribution >= 0.6 is 0 Å². The first-order valence-corrected chi connectivity index (χ1v) is 6.82. The highest BCUT2D eigenvalue weighted by atomic mass is 16.4. The molecule has 0 saturated heterocycles. The van der Waals surface area contributed by atoms with Crippen LogP contribution in [0.4, 0.5) is 0 Å². The normalized spacial score (nSPS) is 8.62. The first kappa shape index (κ1) is 18.2. The molecule has 0 rings (SSSR count). The fourth-order valence-corrected chi connectivity index (χ4v) is 1.19. The lowest BCUT2D eigenvalue weighted by Gasteiger charge is -1.90. The van der Waals surface area contributed by atoms with Gasteiger partial charge in [0.2, 0.25) is 0 Å². The second-order valence-electron chi connectivity index (χ2n) is 3.94. The summed E-state index contributed by atoms with van der Waals surface area (Å²) < 4.78 is 0. The minimum atomic E-state index is -0.992. The van der Waals surface area contributed by atoms with Crippen LogP contribution in [0.25, 0.3) is 0 Å². The third-order valence-electron chi connectivity index (χ3n) is 2.16. The van der Waals surface area contributed by atoms with E-state index < -0.39 is 5.97 Å². The van der Waals surface area contributed by atoms with Crippen LogP contribution < -0.4 is 0 Å². The van der Waals surface area contributed by atoms with E-state index in [4.69, 9.17) is 5.11 Å². The van der Waals surface area contributed by atoms with Gasteiger partial charge in [0.1, 0.15) is 0 Å². The molecule has 0 fully saturated rings. The number of carboxylic acids is 1. The number of aliphatic carboxylic acids is 1. The molecule has 0 unspecified atom stereocenters. The summed E-state index contributed by atoms with van der Waals surface area (Å²) in [5.41, 5.74) is 0. The van der Waals surface area contributed by atoms with Crippen molar-refractivity contribution in [2.24, 2.45) is 0 Å². The van der Waals surface area contributed by atoms with Gasteiger partial charge >= 0.3 is 5.97 Å². The summed E-state index contributed by atoms with van der Waals surface area (Å²) in [6, 6.07) is 0. The summed E-state index contributed by atoms with van der Waals surface area (Å²) in [5.74, 6) is 20.3. The lowest BCUT2D eigenvalue weighted by molar-refractivity contribution is -0.131. The Morgan fingerprint density at radius 3 is 2.38 bits per heavy atom. The van der Waals surface area contributed by atoms with Gasteiger partial charge in [-0.2, -0.15) is 0 Å². The summed E-state index contributed by atoms with van der Waals surface area (Å²) in [6.45, 7) is 2.18. The zero-order chi connectivity index (χ0) is 15.6. The number of unbranched alkanes of at least 4 members (excludes halogenated alkanes) is 4. The average molecular weight is 278 g/mol. The first-order chi connectivity index (χ1) is 10.3. The van der Waals surface area contributed by atoms with E-state index in [0.717, 1.165) is 18.9 Å².